The Morgan fingerprint density at radius 1 is 1.71 bits per heavy atom. The molecule has 0 spiro atoms. The van der Waals surface area contributed by atoms with Crippen LogP contribution in [0.5, 0.6) is 5.88 Å². The van der Waals surface area contributed by atoms with Gasteiger partial charge in [0.05, 0.1) is 7.11 Å². The number of methoxy groups -OCH3 is 1. The predicted molar refractivity (Wildman–Crippen MR) is 55.2 cm³/mol. The maximum atomic E-state index is 5.49. The molecule has 0 unspecified atom stereocenters. The van der Waals surface area contributed by atoms with Gasteiger partial charge in [0.15, 0.2) is 5.96 Å². The third-order valence-electron chi connectivity index (χ3n) is 1.74. The van der Waals surface area contributed by atoms with E-state index in [2.05, 4.69) is 15.3 Å². The van der Waals surface area contributed by atoms with Crippen LogP contribution in [0.1, 0.15) is 5.56 Å². The fourth-order valence-electron chi connectivity index (χ4n) is 1.01. The van der Waals surface area contributed by atoms with Crippen molar-refractivity contribution in [1.82, 2.24) is 10.3 Å². The van der Waals surface area contributed by atoms with Crippen LogP contribution in [0.3, 0.4) is 0 Å². The van der Waals surface area contributed by atoms with E-state index in [-0.39, 0.29) is 0 Å². The van der Waals surface area contributed by atoms with Gasteiger partial charge in [-0.05, 0) is 6.07 Å². The summed E-state index contributed by atoms with van der Waals surface area (Å²) >= 11 is 0. The summed E-state index contributed by atoms with van der Waals surface area (Å²) in [5.74, 6) is 1.000. The molecule has 3 N–H and O–H groups in total. The number of pyridine rings is 1. The second kappa shape index (κ2) is 5.06. The molecule has 76 valence electrons. The molecule has 14 heavy (non-hydrogen) atoms. The van der Waals surface area contributed by atoms with Gasteiger partial charge in [-0.2, -0.15) is 0 Å². The highest BCUT2D eigenvalue weighted by atomic mass is 16.5. The molecule has 0 aliphatic heterocycles. The number of nitrogens with one attached hydrogen (secondary N) is 1. The molecule has 1 rings (SSSR count). The van der Waals surface area contributed by atoms with E-state index in [1.807, 2.05) is 12.1 Å². The molecule has 0 aromatic carbocycles. The van der Waals surface area contributed by atoms with E-state index in [9.17, 15) is 0 Å². The molecular weight excluding hydrogens is 180 g/mol. The molecule has 0 atom stereocenters. The summed E-state index contributed by atoms with van der Waals surface area (Å²) in [6.45, 7) is 0.556. The zero-order chi connectivity index (χ0) is 10.4. The van der Waals surface area contributed by atoms with E-state index in [0.29, 0.717) is 18.4 Å². The van der Waals surface area contributed by atoms with E-state index >= 15 is 0 Å². The average molecular weight is 194 g/mol. The van der Waals surface area contributed by atoms with Crippen molar-refractivity contribution in [1.29, 1.82) is 0 Å². The van der Waals surface area contributed by atoms with E-state index in [0.717, 1.165) is 5.56 Å². The van der Waals surface area contributed by atoms with Crippen LogP contribution in [0.25, 0.3) is 0 Å². The molecule has 0 amide bonds. The molecule has 1 heterocycles. The molecule has 1 aromatic heterocycles. The molecule has 0 saturated carbocycles. The lowest BCUT2D eigenvalue weighted by atomic mass is 10.3. The summed E-state index contributed by atoms with van der Waals surface area (Å²) in [4.78, 5) is 7.84. The first kappa shape index (κ1) is 10.3. The van der Waals surface area contributed by atoms with Gasteiger partial charge in [-0.1, -0.05) is 6.07 Å². The Labute approximate surface area is 83.0 Å². The molecule has 0 aliphatic carbocycles. The fourth-order valence-corrected chi connectivity index (χ4v) is 1.01. The van der Waals surface area contributed by atoms with Gasteiger partial charge in [-0.3, -0.25) is 4.99 Å². The molecule has 1 aromatic rings. The largest absolute Gasteiger partial charge is 0.481 e. The zero-order valence-electron chi connectivity index (χ0n) is 8.32. The van der Waals surface area contributed by atoms with Crippen molar-refractivity contribution in [2.45, 2.75) is 6.54 Å². The van der Waals surface area contributed by atoms with Crippen LogP contribution < -0.4 is 15.8 Å². The highest BCUT2D eigenvalue weighted by molar-refractivity contribution is 5.77. The second-order valence-corrected chi connectivity index (χ2v) is 2.63. The van der Waals surface area contributed by atoms with Gasteiger partial charge < -0.3 is 15.8 Å². The van der Waals surface area contributed by atoms with Crippen LogP contribution in [0, 0.1) is 0 Å². The molecule has 0 aliphatic rings. The van der Waals surface area contributed by atoms with Crippen LogP contribution >= 0.6 is 0 Å². The number of nitrogens with zero attached hydrogens (tertiary/aromatic N) is 2. The summed E-state index contributed by atoms with van der Waals surface area (Å²) in [6.07, 6.45) is 1.68. The molecular formula is C9H14N4O. The van der Waals surface area contributed by atoms with Crippen LogP contribution in [0.15, 0.2) is 23.3 Å². The summed E-state index contributed by atoms with van der Waals surface area (Å²) < 4.78 is 5.08. The Hall–Kier alpha value is -1.78. The zero-order valence-corrected chi connectivity index (χ0v) is 8.32. The molecule has 5 heteroatoms. The number of aromatic nitrogens is 1. The van der Waals surface area contributed by atoms with Crippen LogP contribution in [0.2, 0.25) is 0 Å². The van der Waals surface area contributed by atoms with Gasteiger partial charge >= 0.3 is 0 Å². The number of aliphatic imine (C=N–C) groups is 1. The Balaban J connectivity index is 2.66. The lowest BCUT2D eigenvalue weighted by Gasteiger charge is -2.07. The van der Waals surface area contributed by atoms with Gasteiger partial charge in [-0.25, -0.2) is 4.98 Å². The number of hydrogen-bond acceptors (Lipinski definition) is 3. The van der Waals surface area contributed by atoms with Crippen molar-refractivity contribution < 1.29 is 4.74 Å². The Morgan fingerprint density at radius 2 is 2.50 bits per heavy atom. The predicted octanol–water partition coefficient (Wildman–Crippen LogP) is 0.124. The van der Waals surface area contributed by atoms with E-state index < -0.39 is 0 Å². The van der Waals surface area contributed by atoms with Crippen molar-refractivity contribution in [2.24, 2.45) is 10.7 Å². The normalized spacial score (nSPS) is 11.1. The van der Waals surface area contributed by atoms with Crippen LogP contribution in [0.4, 0.5) is 0 Å². The highest BCUT2D eigenvalue weighted by Gasteiger charge is 2.02. The lowest BCUT2D eigenvalue weighted by molar-refractivity contribution is 0.392. The SMILES string of the molecule is CN=C(N)NCc1cccnc1OC. The van der Waals surface area contributed by atoms with Crippen LogP contribution in [-0.4, -0.2) is 25.1 Å². The fraction of sp³-hybridized carbons (Fsp3) is 0.333. The van der Waals surface area contributed by atoms with Crippen molar-refractivity contribution in [3.8, 4) is 5.88 Å². The maximum absolute atomic E-state index is 5.49. The molecule has 0 bridgehead atoms. The quantitative estimate of drug-likeness (QED) is 0.529. The molecule has 5 nitrogen and oxygen atoms in total. The maximum Gasteiger partial charge on any atom is 0.218 e. The Kier molecular flexibility index (Phi) is 3.72. The van der Waals surface area contributed by atoms with Crippen molar-refractivity contribution >= 4 is 5.96 Å². The average Bonchev–Trinajstić information content (AvgIpc) is 2.26. The van der Waals surface area contributed by atoms with Gasteiger partial charge in [0.1, 0.15) is 0 Å². The summed E-state index contributed by atoms with van der Waals surface area (Å²) in [6, 6.07) is 3.76. The summed E-state index contributed by atoms with van der Waals surface area (Å²) in [7, 11) is 3.21. The summed E-state index contributed by atoms with van der Waals surface area (Å²) in [5.41, 5.74) is 6.44. The third kappa shape index (κ3) is 2.62. The lowest BCUT2D eigenvalue weighted by Crippen LogP contribution is -2.30. The highest BCUT2D eigenvalue weighted by Crippen LogP contribution is 2.12. The van der Waals surface area contributed by atoms with Gasteiger partial charge in [0.2, 0.25) is 5.88 Å². The number of rotatable bonds is 3. The minimum Gasteiger partial charge on any atom is -0.481 e. The Morgan fingerprint density at radius 3 is 3.14 bits per heavy atom. The van der Waals surface area contributed by atoms with Crippen molar-refractivity contribution in [3.63, 3.8) is 0 Å². The first-order valence-corrected chi connectivity index (χ1v) is 4.22. The monoisotopic (exact) mass is 194 g/mol. The molecule has 0 fully saturated rings. The Bertz CT molecular complexity index is 324. The standard InChI is InChI=1S/C9H14N4O/c1-11-9(10)13-6-7-4-3-5-12-8(7)14-2/h3-5H,6H2,1-2H3,(H3,10,11,13). The van der Waals surface area contributed by atoms with Crippen LogP contribution in [-0.2, 0) is 6.54 Å². The van der Waals surface area contributed by atoms with Gasteiger partial charge in [0.25, 0.3) is 0 Å². The first-order valence-electron chi connectivity index (χ1n) is 4.22. The third-order valence-corrected chi connectivity index (χ3v) is 1.74. The topological polar surface area (TPSA) is 72.5 Å². The minimum absolute atomic E-state index is 0.399. The van der Waals surface area contributed by atoms with Gasteiger partial charge in [0, 0.05) is 25.4 Å². The van der Waals surface area contributed by atoms with E-state index in [1.54, 1.807) is 20.4 Å². The minimum atomic E-state index is 0.399. The smallest absolute Gasteiger partial charge is 0.218 e. The summed E-state index contributed by atoms with van der Waals surface area (Å²) in [5, 5.41) is 2.93. The van der Waals surface area contributed by atoms with Gasteiger partial charge in [-0.15, -0.1) is 0 Å². The first-order chi connectivity index (χ1) is 6.77. The molecule has 0 saturated heterocycles. The van der Waals surface area contributed by atoms with Crippen molar-refractivity contribution in [3.05, 3.63) is 23.9 Å². The number of hydrogen-bond donors (Lipinski definition) is 2. The second-order valence-electron chi connectivity index (χ2n) is 2.63. The number of nitrogens with two attached hydrogens (primary N) is 1. The molecule has 0 radical (unpaired) electrons. The van der Waals surface area contributed by atoms with E-state index in [1.165, 1.54) is 0 Å². The number of ether oxygens (including phenoxy) is 1. The van der Waals surface area contributed by atoms with Crippen molar-refractivity contribution in [2.75, 3.05) is 14.2 Å². The van der Waals surface area contributed by atoms with E-state index in [4.69, 9.17) is 10.5 Å². The number of guanidine groups is 1.